The molecule has 0 spiro atoms. The van der Waals surface area contributed by atoms with Crippen molar-refractivity contribution in [3.05, 3.63) is 58.1 Å². The summed E-state index contributed by atoms with van der Waals surface area (Å²) in [5.41, 5.74) is 6.23. The maximum absolute atomic E-state index is 10.3. The van der Waals surface area contributed by atoms with Gasteiger partial charge in [-0.15, -0.1) is 12.4 Å². The van der Waals surface area contributed by atoms with Crippen molar-refractivity contribution in [2.45, 2.75) is 19.3 Å². The van der Waals surface area contributed by atoms with E-state index in [4.69, 9.17) is 11.6 Å². The minimum Gasteiger partial charge on any atom is -0.374 e. The summed E-state index contributed by atoms with van der Waals surface area (Å²) >= 11 is 6.28. The summed E-state index contributed by atoms with van der Waals surface area (Å²) in [5.74, 6) is 0. The summed E-state index contributed by atoms with van der Waals surface area (Å²) in [4.78, 5) is 5.62. The number of aliphatic hydroxyl groups is 1. The van der Waals surface area contributed by atoms with Crippen LogP contribution in [0, 0.1) is 0 Å². The molecule has 1 aliphatic heterocycles. The standard InChI is InChI=1S/C19H20ClN3O.ClH/c1-23(2)10-11-3-6-16-12(7-11)8-17(22-16)13-4-5-15(20)14-9-21-19(24)18(13)14;/h3-8,19,21-22,24H,9-10H2,1-2H3;1H. The Kier molecular flexibility index (Phi) is 5.09. The predicted octanol–water partition coefficient (Wildman–Crippen LogP) is 4.07. The predicted molar refractivity (Wildman–Crippen MR) is 105 cm³/mol. The largest absolute Gasteiger partial charge is 0.374 e. The van der Waals surface area contributed by atoms with Crippen molar-refractivity contribution < 1.29 is 5.11 Å². The Hall–Kier alpha value is -1.56. The second-order valence-corrected chi connectivity index (χ2v) is 7.02. The van der Waals surface area contributed by atoms with Crippen molar-refractivity contribution in [3.63, 3.8) is 0 Å². The number of rotatable bonds is 3. The Balaban J connectivity index is 0.00000182. The highest BCUT2D eigenvalue weighted by Crippen LogP contribution is 2.38. The fourth-order valence-corrected chi connectivity index (χ4v) is 3.69. The fourth-order valence-electron chi connectivity index (χ4n) is 3.46. The van der Waals surface area contributed by atoms with Crippen LogP contribution in [0.4, 0.5) is 0 Å². The van der Waals surface area contributed by atoms with Crippen LogP contribution < -0.4 is 5.32 Å². The van der Waals surface area contributed by atoms with Crippen LogP contribution in [-0.4, -0.2) is 29.1 Å². The van der Waals surface area contributed by atoms with Crippen molar-refractivity contribution in [3.8, 4) is 11.3 Å². The fraction of sp³-hybridized carbons (Fsp3) is 0.263. The smallest absolute Gasteiger partial charge is 0.132 e. The van der Waals surface area contributed by atoms with Gasteiger partial charge in [0.05, 0.1) is 0 Å². The highest BCUT2D eigenvalue weighted by Gasteiger charge is 2.26. The third kappa shape index (κ3) is 3.28. The SMILES string of the molecule is CN(C)Cc1ccc2[nH]c(-c3ccc(Cl)c4c3C(O)NC4)cc2c1.Cl. The van der Waals surface area contributed by atoms with Crippen LogP contribution in [0.5, 0.6) is 0 Å². The van der Waals surface area contributed by atoms with Gasteiger partial charge < -0.3 is 15.0 Å². The average molecular weight is 378 g/mol. The summed E-state index contributed by atoms with van der Waals surface area (Å²) < 4.78 is 0. The van der Waals surface area contributed by atoms with Gasteiger partial charge in [0.1, 0.15) is 6.23 Å². The van der Waals surface area contributed by atoms with E-state index in [2.05, 4.69) is 53.6 Å². The van der Waals surface area contributed by atoms with Gasteiger partial charge in [-0.2, -0.15) is 0 Å². The summed E-state index contributed by atoms with van der Waals surface area (Å²) in [6.45, 7) is 1.51. The number of nitrogens with one attached hydrogen (secondary N) is 2. The quantitative estimate of drug-likeness (QED) is 0.644. The maximum Gasteiger partial charge on any atom is 0.132 e. The average Bonchev–Trinajstić information content (AvgIpc) is 3.12. The zero-order chi connectivity index (χ0) is 16.8. The van der Waals surface area contributed by atoms with E-state index in [1.165, 1.54) is 10.9 Å². The number of aromatic nitrogens is 1. The van der Waals surface area contributed by atoms with E-state index in [0.29, 0.717) is 11.6 Å². The number of hydrogen-bond acceptors (Lipinski definition) is 3. The molecule has 1 aromatic heterocycles. The molecule has 0 saturated carbocycles. The Bertz CT molecular complexity index is 920. The van der Waals surface area contributed by atoms with Crippen LogP contribution in [-0.2, 0) is 13.1 Å². The van der Waals surface area contributed by atoms with E-state index in [1.807, 2.05) is 12.1 Å². The zero-order valence-electron chi connectivity index (χ0n) is 14.1. The van der Waals surface area contributed by atoms with E-state index < -0.39 is 6.23 Å². The molecule has 0 radical (unpaired) electrons. The Morgan fingerprint density at radius 1 is 1.20 bits per heavy atom. The molecule has 0 fully saturated rings. The van der Waals surface area contributed by atoms with Crippen molar-refractivity contribution in [2.75, 3.05) is 14.1 Å². The molecule has 3 N–H and O–H groups in total. The third-order valence-corrected chi connectivity index (χ3v) is 4.87. The molecule has 0 saturated heterocycles. The lowest BCUT2D eigenvalue weighted by atomic mass is 10.00. The molecular formula is C19H21Cl2N3O. The van der Waals surface area contributed by atoms with Crippen molar-refractivity contribution in [1.29, 1.82) is 0 Å². The first kappa shape index (κ1) is 18.2. The summed E-state index contributed by atoms with van der Waals surface area (Å²) in [5, 5.41) is 15.2. The van der Waals surface area contributed by atoms with Crippen LogP contribution in [0.15, 0.2) is 36.4 Å². The van der Waals surface area contributed by atoms with Crippen molar-refractivity contribution in [2.24, 2.45) is 0 Å². The third-order valence-electron chi connectivity index (χ3n) is 4.52. The van der Waals surface area contributed by atoms with Gasteiger partial charge in [-0.05, 0) is 49.5 Å². The van der Waals surface area contributed by atoms with Crippen molar-refractivity contribution >= 4 is 34.9 Å². The van der Waals surface area contributed by atoms with Crippen LogP contribution >= 0.6 is 24.0 Å². The van der Waals surface area contributed by atoms with Gasteiger partial charge in [-0.1, -0.05) is 23.7 Å². The Morgan fingerprint density at radius 2 is 2.00 bits per heavy atom. The molecule has 2 aromatic carbocycles. The number of hydrogen-bond donors (Lipinski definition) is 3. The highest BCUT2D eigenvalue weighted by molar-refractivity contribution is 6.31. The van der Waals surface area contributed by atoms with Gasteiger partial charge in [-0.25, -0.2) is 0 Å². The molecule has 0 amide bonds. The topological polar surface area (TPSA) is 51.3 Å². The van der Waals surface area contributed by atoms with Gasteiger partial charge in [0.15, 0.2) is 0 Å². The molecule has 2 heterocycles. The first-order valence-electron chi connectivity index (χ1n) is 8.02. The van der Waals surface area contributed by atoms with E-state index in [9.17, 15) is 5.11 Å². The van der Waals surface area contributed by atoms with Crippen LogP contribution in [0.25, 0.3) is 22.2 Å². The van der Waals surface area contributed by atoms with Crippen molar-refractivity contribution in [1.82, 2.24) is 15.2 Å². The second-order valence-electron chi connectivity index (χ2n) is 6.61. The van der Waals surface area contributed by atoms with E-state index in [1.54, 1.807) is 0 Å². The number of aromatic amines is 1. The van der Waals surface area contributed by atoms with Crippen LogP contribution in [0.2, 0.25) is 5.02 Å². The normalized spacial score (nSPS) is 16.3. The van der Waals surface area contributed by atoms with Crippen LogP contribution in [0.3, 0.4) is 0 Å². The molecule has 25 heavy (non-hydrogen) atoms. The molecule has 1 atom stereocenters. The number of benzene rings is 2. The molecular weight excluding hydrogens is 357 g/mol. The monoisotopic (exact) mass is 377 g/mol. The lowest BCUT2D eigenvalue weighted by molar-refractivity contribution is 0.152. The molecule has 3 aromatic rings. The van der Waals surface area contributed by atoms with Gasteiger partial charge in [-0.3, -0.25) is 5.32 Å². The number of halogens is 2. The summed E-state index contributed by atoms with van der Waals surface area (Å²) in [7, 11) is 4.14. The summed E-state index contributed by atoms with van der Waals surface area (Å²) in [6.07, 6.45) is -0.676. The van der Waals surface area contributed by atoms with E-state index >= 15 is 0 Å². The molecule has 1 unspecified atom stereocenters. The number of fused-ring (bicyclic) bond motifs is 2. The minimum absolute atomic E-state index is 0. The summed E-state index contributed by atoms with van der Waals surface area (Å²) in [6, 6.07) is 12.5. The molecule has 0 aliphatic carbocycles. The maximum atomic E-state index is 10.3. The van der Waals surface area contributed by atoms with Gasteiger partial charge in [0, 0.05) is 45.8 Å². The zero-order valence-corrected chi connectivity index (χ0v) is 15.7. The lowest BCUT2D eigenvalue weighted by Gasteiger charge is -2.11. The molecule has 132 valence electrons. The Labute approximate surface area is 158 Å². The van der Waals surface area contributed by atoms with Gasteiger partial charge in [0.2, 0.25) is 0 Å². The molecule has 0 bridgehead atoms. The first-order chi connectivity index (χ1) is 11.5. The number of H-pyrrole nitrogens is 1. The van der Waals surface area contributed by atoms with Gasteiger partial charge >= 0.3 is 0 Å². The van der Waals surface area contributed by atoms with Crippen LogP contribution in [0.1, 0.15) is 22.9 Å². The number of nitrogens with zero attached hydrogens (tertiary/aromatic N) is 1. The molecule has 4 nitrogen and oxygen atoms in total. The number of aliphatic hydroxyl groups excluding tert-OH is 1. The van der Waals surface area contributed by atoms with E-state index in [0.717, 1.165) is 34.4 Å². The highest BCUT2D eigenvalue weighted by atomic mass is 35.5. The van der Waals surface area contributed by atoms with E-state index in [-0.39, 0.29) is 12.4 Å². The molecule has 4 rings (SSSR count). The molecule has 6 heteroatoms. The molecule has 1 aliphatic rings. The first-order valence-corrected chi connectivity index (χ1v) is 8.40. The second kappa shape index (κ2) is 6.98. The Morgan fingerprint density at radius 3 is 2.76 bits per heavy atom. The minimum atomic E-state index is -0.676. The van der Waals surface area contributed by atoms with Gasteiger partial charge in [0.25, 0.3) is 0 Å². The lowest BCUT2D eigenvalue weighted by Crippen LogP contribution is -2.10.